The SMILES string of the molecule is C[C@@H](Oc1ccccc1C#N)C(=O)N1CCC[C@H](O)C1. The smallest absolute Gasteiger partial charge is 0.263 e. The van der Waals surface area contributed by atoms with Gasteiger partial charge in [0.25, 0.3) is 5.91 Å². The molecule has 1 aromatic rings. The summed E-state index contributed by atoms with van der Waals surface area (Å²) < 4.78 is 5.59. The molecule has 1 aliphatic rings. The molecule has 0 aliphatic carbocycles. The molecule has 5 heteroatoms. The topological polar surface area (TPSA) is 73.6 Å². The maximum Gasteiger partial charge on any atom is 0.263 e. The molecule has 1 N–H and O–H groups in total. The number of carbonyl (C=O) groups is 1. The van der Waals surface area contributed by atoms with Gasteiger partial charge in [0.1, 0.15) is 11.8 Å². The molecule has 1 heterocycles. The number of benzene rings is 1. The van der Waals surface area contributed by atoms with Crippen molar-refractivity contribution in [1.29, 1.82) is 5.26 Å². The van der Waals surface area contributed by atoms with E-state index in [2.05, 4.69) is 0 Å². The van der Waals surface area contributed by atoms with Crippen molar-refractivity contribution in [2.24, 2.45) is 0 Å². The van der Waals surface area contributed by atoms with Crippen LogP contribution < -0.4 is 4.74 Å². The number of piperidine rings is 1. The lowest BCUT2D eigenvalue weighted by molar-refractivity contribution is -0.141. The number of amides is 1. The molecule has 106 valence electrons. The fraction of sp³-hybridized carbons (Fsp3) is 0.467. The highest BCUT2D eigenvalue weighted by atomic mass is 16.5. The first kappa shape index (κ1) is 14.4. The third kappa shape index (κ3) is 3.28. The average molecular weight is 274 g/mol. The molecule has 1 aliphatic heterocycles. The third-order valence-electron chi connectivity index (χ3n) is 3.37. The molecule has 5 nitrogen and oxygen atoms in total. The first-order chi connectivity index (χ1) is 9.61. The van der Waals surface area contributed by atoms with Gasteiger partial charge < -0.3 is 14.7 Å². The quantitative estimate of drug-likeness (QED) is 0.902. The Kier molecular flexibility index (Phi) is 4.59. The second-order valence-electron chi connectivity index (χ2n) is 4.95. The number of aliphatic hydroxyl groups is 1. The van der Waals surface area contributed by atoms with Crippen molar-refractivity contribution in [2.45, 2.75) is 32.0 Å². The van der Waals surface area contributed by atoms with Gasteiger partial charge in [0.15, 0.2) is 6.10 Å². The summed E-state index contributed by atoms with van der Waals surface area (Å²) in [4.78, 5) is 13.9. The molecule has 20 heavy (non-hydrogen) atoms. The molecule has 1 aromatic carbocycles. The maximum absolute atomic E-state index is 12.3. The molecule has 1 saturated heterocycles. The Balaban J connectivity index is 2.02. The molecule has 0 saturated carbocycles. The molecule has 1 fully saturated rings. The minimum absolute atomic E-state index is 0.156. The van der Waals surface area contributed by atoms with Crippen molar-refractivity contribution in [2.75, 3.05) is 13.1 Å². The summed E-state index contributed by atoms with van der Waals surface area (Å²) in [6, 6.07) is 8.87. The maximum atomic E-state index is 12.3. The van der Waals surface area contributed by atoms with Gasteiger partial charge in [0, 0.05) is 13.1 Å². The number of hydrogen-bond donors (Lipinski definition) is 1. The van der Waals surface area contributed by atoms with Crippen molar-refractivity contribution in [1.82, 2.24) is 4.90 Å². The lowest BCUT2D eigenvalue weighted by Gasteiger charge is -2.32. The Morgan fingerprint density at radius 1 is 1.55 bits per heavy atom. The van der Waals surface area contributed by atoms with Crippen molar-refractivity contribution in [3.8, 4) is 11.8 Å². The van der Waals surface area contributed by atoms with E-state index in [4.69, 9.17) is 10.00 Å². The number of carbonyl (C=O) groups excluding carboxylic acids is 1. The van der Waals surface area contributed by atoms with Crippen LogP contribution in [0.2, 0.25) is 0 Å². The van der Waals surface area contributed by atoms with Crippen LogP contribution in [0.25, 0.3) is 0 Å². The van der Waals surface area contributed by atoms with E-state index < -0.39 is 12.2 Å². The molecule has 0 aromatic heterocycles. The fourth-order valence-electron chi connectivity index (χ4n) is 2.31. The Morgan fingerprint density at radius 3 is 3.00 bits per heavy atom. The van der Waals surface area contributed by atoms with Gasteiger partial charge in [-0.3, -0.25) is 4.79 Å². The lowest BCUT2D eigenvalue weighted by atomic mass is 10.1. The van der Waals surface area contributed by atoms with Crippen LogP contribution in [0, 0.1) is 11.3 Å². The van der Waals surface area contributed by atoms with Gasteiger partial charge >= 0.3 is 0 Å². The molecule has 0 bridgehead atoms. The van der Waals surface area contributed by atoms with E-state index in [1.165, 1.54) is 0 Å². The van der Waals surface area contributed by atoms with Gasteiger partial charge in [0.05, 0.1) is 11.7 Å². The van der Waals surface area contributed by atoms with Gasteiger partial charge in [-0.25, -0.2) is 0 Å². The number of hydrogen-bond acceptors (Lipinski definition) is 4. The summed E-state index contributed by atoms with van der Waals surface area (Å²) in [5.74, 6) is 0.255. The van der Waals surface area contributed by atoms with E-state index >= 15 is 0 Å². The molecule has 0 spiro atoms. The summed E-state index contributed by atoms with van der Waals surface area (Å²) in [6.45, 7) is 2.66. The largest absolute Gasteiger partial charge is 0.480 e. The van der Waals surface area contributed by atoms with Gasteiger partial charge in [-0.15, -0.1) is 0 Å². The fourth-order valence-corrected chi connectivity index (χ4v) is 2.31. The normalized spacial score (nSPS) is 20.1. The van der Waals surface area contributed by atoms with E-state index in [9.17, 15) is 9.90 Å². The number of para-hydroxylation sites is 1. The van der Waals surface area contributed by atoms with Crippen molar-refractivity contribution in [3.05, 3.63) is 29.8 Å². The Morgan fingerprint density at radius 2 is 2.30 bits per heavy atom. The van der Waals surface area contributed by atoms with Crippen LogP contribution in [0.4, 0.5) is 0 Å². The number of rotatable bonds is 3. The van der Waals surface area contributed by atoms with Gasteiger partial charge in [-0.2, -0.15) is 5.26 Å². The predicted octanol–water partition coefficient (Wildman–Crippen LogP) is 1.31. The van der Waals surface area contributed by atoms with E-state index in [1.807, 2.05) is 6.07 Å². The Labute approximate surface area is 118 Å². The van der Waals surface area contributed by atoms with Gasteiger partial charge in [-0.1, -0.05) is 12.1 Å². The summed E-state index contributed by atoms with van der Waals surface area (Å²) >= 11 is 0. The van der Waals surface area contributed by atoms with Crippen LogP contribution in [0.3, 0.4) is 0 Å². The highest BCUT2D eigenvalue weighted by Crippen LogP contribution is 2.19. The second-order valence-corrected chi connectivity index (χ2v) is 4.95. The van der Waals surface area contributed by atoms with Crippen molar-refractivity contribution >= 4 is 5.91 Å². The van der Waals surface area contributed by atoms with Gasteiger partial charge in [0.2, 0.25) is 0 Å². The molecular weight excluding hydrogens is 256 g/mol. The molecule has 0 unspecified atom stereocenters. The minimum atomic E-state index is -0.671. The standard InChI is InChI=1S/C15H18N2O3/c1-11(15(19)17-8-4-6-13(18)10-17)20-14-7-3-2-5-12(14)9-16/h2-3,5,7,11,13,18H,4,6,8,10H2,1H3/t11-,13+/m1/s1. The van der Waals surface area contributed by atoms with Crippen LogP contribution in [-0.4, -0.2) is 41.2 Å². The highest BCUT2D eigenvalue weighted by Gasteiger charge is 2.27. The minimum Gasteiger partial charge on any atom is -0.480 e. The van der Waals surface area contributed by atoms with Crippen LogP contribution >= 0.6 is 0 Å². The number of nitriles is 1. The summed E-state index contributed by atoms with van der Waals surface area (Å²) in [5.41, 5.74) is 0.408. The number of β-amino-alcohol motifs (C(OH)–C–C–N with tert-alkyl or cyclic N) is 1. The average Bonchev–Trinajstić information content (AvgIpc) is 2.47. The molecule has 1 amide bonds. The zero-order chi connectivity index (χ0) is 14.5. The number of ether oxygens (including phenoxy) is 1. The van der Waals surface area contributed by atoms with Crippen molar-refractivity contribution < 1.29 is 14.6 Å². The molecule has 2 atom stereocenters. The number of nitrogens with zero attached hydrogens (tertiary/aromatic N) is 2. The second kappa shape index (κ2) is 6.40. The number of aliphatic hydroxyl groups excluding tert-OH is 1. The predicted molar refractivity (Wildman–Crippen MR) is 73.1 cm³/mol. The zero-order valence-corrected chi connectivity index (χ0v) is 11.5. The van der Waals surface area contributed by atoms with Crippen LogP contribution in [0.15, 0.2) is 24.3 Å². The first-order valence-electron chi connectivity index (χ1n) is 6.74. The Bertz CT molecular complexity index is 524. The van der Waals surface area contributed by atoms with Gasteiger partial charge in [-0.05, 0) is 31.9 Å². The van der Waals surface area contributed by atoms with Crippen LogP contribution in [0.1, 0.15) is 25.3 Å². The third-order valence-corrected chi connectivity index (χ3v) is 3.37. The summed E-state index contributed by atoms with van der Waals surface area (Å²) in [6.07, 6.45) is 0.408. The van der Waals surface area contributed by atoms with Crippen molar-refractivity contribution in [3.63, 3.8) is 0 Å². The molecular formula is C15H18N2O3. The highest BCUT2D eigenvalue weighted by molar-refractivity contribution is 5.81. The molecule has 0 radical (unpaired) electrons. The zero-order valence-electron chi connectivity index (χ0n) is 11.5. The van der Waals surface area contributed by atoms with E-state index in [0.717, 1.165) is 12.8 Å². The van der Waals surface area contributed by atoms with E-state index in [-0.39, 0.29) is 5.91 Å². The molecule has 2 rings (SSSR count). The Hall–Kier alpha value is -2.06. The number of likely N-dealkylation sites (tertiary alicyclic amines) is 1. The summed E-state index contributed by atoms with van der Waals surface area (Å²) in [5, 5.41) is 18.6. The lowest BCUT2D eigenvalue weighted by Crippen LogP contribution is -2.47. The monoisotopic (exact) mass is 274 g/mol. The summed E-state index contributed by atoms with van der Waals surface area (Å²) in [7, 11) is 0. The van der Waals surface area contributed by atoms with Crippen LogP contribution in [-0.2, 0) is 4.79 Å². The van der Waals surface area contributed by atoms with Crippen LogP contribution in [0.5, 0.6) is 5.75 Å². The van der Waals surface area contributed by atoms with E-state index in [0.29, 0.717) is 24.4 Å². The van der Waals surface area contributed by atoms with E-state index in [1.54, 1.807) is 36.1 Å². The first-order valence-corrected chi connectivity index (χ1v) is 6.74.